The second-order valence-electron chi connectivity index (χ2n) is 7.09. The van der Waals surface area contributed by atoms with Gasteiger partial charge in [-0.25, -0.2) is 4.98 Å². The molecule has 1 unspecified atom stereocenters. The Bertz CT molecular complexity index is 924. The van der Waals surface area contributed by atoms with E-state index >= 15 is 0 Å². The van der Waals surface area contributed by atoms with Crippen LogP contribution in [-0.4, -0.2) is 33.4 Å². The SMILES string of the molecule is CCCn1c(C2CCCN(C(=O)c3ccoc3C)C2)nc2ccccc21. The molecule has 26 heavy (non-hydrogen) atoms. The Hall–Kier alpha value is -2.56. The minimum Gasteiger partial charge on any atom is -0.469 e. The molecule has 1 aromatic carbocycles. The number of para-hydroxylation sites is 2. The van der Waals surface area contributed by atoms with Crippen LogP contribution in [0.15, 0.2) is 41.0 Å². The van der Waals surface area contributed by atoms with Crippen LogP contribution in [0.3, 0.4) is 0 Å². The Kier molecular flexibility index (Phi) is 4.53. The van der Waals surface area contributed by atoms with Gasteiger partial charge in [0.2, 0.25) is 0 Å². The summed E-state index contributed by atoms with van der Waals surface area (Å²) in [7, 11) is 0. The monoisotopic (exact) mass is 351 g/mol. The number of aromatic nitrogens is 2. The number of furan rings is 1. The van der Waals surface area contributed by atoms with Crippen molar-refractivity contribution >= 4 is 16.9 Å². The first kappa shape index (κ1) is 16.9. The number of hydrogen-bond acceptors (Lipinski definition) is 3. The van der Waals surface area contributed by atoms with Gasteiger partial charge in [-0.05, 0) is 44.4 Å². The summed E-state index contributed by atoms with van der Waals surface area (Å²) in [6.07, 6.45) is 4.73. The van der Waals surface area contributed by atoms with Gasteiger partial charge in [-0.2, -0.15) is 0 Å². The lowest BCUT2D eigenvalue weighted by molar-refractivity contribution is 0.0701. The van der Waals surface area contributed by atoms with Crippen molar-refractivity contribution in [2.45, 2.75) is 45.6 Å². The zero-order chi connectivity index (χ0) is 18.1. The maximum absolute atomic E-state index is 12.9. The number of likely N-dealkylation sites (tertiary alicyclic amines) is 1. The number of aryl methyl sites for hydroxylation is 2. The molecule has 0 bridgehead atoms. The summed E-state index contributed by atoms with van der Waals surface area (Å²) >= 11 is 0. The summed E-state index contributed by atoms with van der Waals surface area (Å²) in [6, 6.07) is 10.1. The van der Waals surface area contributed by atoms with Crippen molar-refractivity contribution in [1.82, 2.24) is 14.5 Å². The van der Waals surface area contributed by atoms with E-state index in [4.69, 9.17) is 9.40 Å². The second-order valence-corrected chi connectivity index (χ2v) is 7.09. The molecule has 136 valence electrons. The molecule has 2 aromatic heterocycles. The summed E-state index contributed by atoms with van der Waals surface area (Å²) in [6.45, 7) is 6.51. The Morgan fingerprint density at radius 2 is 2.15 bits per heavy atom. The predicted molar refractivity (Wildman–Crippen MR) is 101 cm³/mol. The third-order valence-corrected chi connectivity index (χ3v) is 5.29. The third-order valence-electron chi connectivity index (χ3n) is 5.29. The van der Waals surface area contributed by atoms with Crippen molar-refractivity contribution in [1.29, 1.82) is 0 Å². The van der Waals surface area contributed by atoms with E-state index in [0.717, 1.165) is 50.2 Å². The Morgan fingerprint density at radius 1 is 1.31 bits per heavy atom. The number of fused-ring (bicyclic) bond motifs is 1. The highest BCUT2D eigenvalue weighted by Gasteiger charge is 2.29. The Balaban J connectivity index is 1.64. The Morgan fingerprint density at radius 3 is 2.92 bits per heavy atom. The molecule has 1 atom stereocenters. The van der Waals surface area contributed by atoms with Crippen LogP contribution in [0.5, 0.6) is 0 Å². The van der Waals surface area contributed by atoms with E-state index in [0.29, 0.717) is 11.3 Å². The lowest BCUT2D eigenvalue weighted by Crippen LogP contribution is -2.39. The van der Waals surface area contributed by atoms with E-state index in [1.54, 1.807) is 12.3 Å². The standard InChI is InChI=1S/C21H25N3O2/c1-3-11-24-19-9-5-4-8-18(19)22-20(24)16-7-6-12-23(14-16)21(25)17-10-13-26-15(17)2/h4-5,8-10,13,16H,3,6-7,11-12,14H2,1-2H3. The van der Waals surface area contributed by atoms with E-state index in [-0.39, 0.29) is 11.8 Å². The van der Waals surface area contributed by atoms with Crippen LogP contribution in [-0.2, 0) is 6.54 Å². The molecule has 1 amide bonds. The topological polar surface area (TPSA) is 51.3 Å². The third kappa shape index (κ3) is 2.91. The fourth-order valence-electron chi connectivity index (χ4n) is 4.01. The maximum Gasteiger partial charge on any atom is 0.257 e. The maximum atomic E-state index is 12.9. The lowest BCUT2D eigenvalue weighted by Gasteiger charge is -2.32. The van der Waals surface area contributed by atoms with Crippen LogP contribution in [0.1, 0.15) is 54.0 Å². The molecule has 0 spiro atoms. The molecule has 1 saturated heterocycles. The van der Waals surface area contributed by atoms with Crippen LogP contribution in [0.25, 0.3) is 11.0 Å². The summed E-state index contributed by atoms with van der Waals surface area (Å²) < 4.78 is 7.66. The number of piperidine rings is 1. The van der Waals surface area contributed by atoms with E-state index in [1.165, 1.54) is 5.52 Å². The molecule has 4 rings (SSSR count). The zero-order valence-electron chi connectivity index (χ0n) is 15.4. The molecular weight excluding hydrogens is 326 g/mol. The van der Waals surface area contributed by atoms with Crippen LogP contribution in [0, 0.1) is 6.92 Å². The molecule has 0 radical (unpaired) electrons. The summed E-state index contributed by atoms with van der Waals surface area (Å²) in [5.74, 6) is 2.16. The van der Waals surface area contributed by atoms with Crippen LogP contribution in [0.4, 0.5) is 0 Å². The number of amides is 1. The number of nitrogens with zero attached hydrogens (tertiary/aromatic N) is 3. The average molecular weight is 351 g/mol. The Labute approximate surface area is 153 Å². The van der Waals surface area contributed by atoms with Gasteiger partial charge in [0.15, 0.2) is 0 Å². The second kappa shape index (κ2) is 6.98. The van der Waals surface area contributed by atoms with E-state index in [9.17, 15) is 4.79 Å². The first-order valence-corrected chi connectivity index (χ1v) is 9.47. The molecule has 1 aliphatic heterocycles. The van der Waals surface area contributed by atoms with Crippen LogP contribution in [0.2, 0.25) is 0 Å². The molecule has 3 aromatic rings. The van der Waals surface area contributed by atoms with Gasteiger partial charge < -0.3 is 13.9 Å². The highest BCUT2D eigenvalue weighted by molar-refractivity contribution is 5.95. The minimum atomic E-state index is 0.0686. The van der Waals surface area contributed by atoms with Crippen molar-refractivity contribution in [2.24, 2.45) is 0 Å². The number of imidazole rings is 1. The fourth-order valence-corrected chi connectivity index (χ4v) is 4.01. The molecule has 0 N–H and O–H groups in total. The zero-order valence-corrected chi connectivity index (χ0v) is 15.4. The number of benzene rings is 1. The van der Waals surface area contributed by atoms with Gasteiger partial charge in [0.25, 0.3) is 5.91 Å². The van der Waals surface area contributed by atoms with Crippen molar-refractivity contribution in [3.63, 3.8) is 0 Å². The van der Waals surface area contributed by atoms with E-state index in [1.807, 2.05) is 17.9 Å². The van der Waals surface area contributed by atoms with E-state index < -0.39 is 0 Å². The van der Waals surface area contributed by atoms with Crippen molar-refractivity contribution in [3.8, 4) is 0 Å². The average Bonchev–Trinajstić information content (AvgIpc) is 3.26. The molecule has 3 heterocycles. The van der Waals surface area contributed by atoms with Gasteiger partial charge in [-0.15, -0.1) is 0 Å². The van der Waals surface area contributed by atoms with Gasteiger partial charge in [0.05, 0.1) is 22.9 Å². The van der Waals surface area contributed by atoms with Gasteiger partial charge in [-0.1, -0.05) is 19.1 Å². The van der Waals surface area contributed by atoms with Crippen molar-refractivity contribution < 1.29 is 9.21 Å². The van der Waals surface area contributed by atoms with Crippen LogP contribution < -0.4 is 0 Å². The fraction of sp³-hybridized carbons (Fsp3) is 0.429. The number of carbonyl (C=O) groups is 1. The van der Waals surface area contributed by atoms with Crippen LogP contribution >= 0.6 is 0 Å². The minimum absolute atomic E-state index is 0.0686. The summed E-state index contributed by atoms with van der Waals surface area (Å²) in [4.78, 5) is 19.8. The summed E-state index contributed by atoms with van der Waals surface area (Å²) in [5, 5.41) is 0. The smallest absolute Gasteiger partial charge is 0.257 e. The number of hydrogen-bond donors (Lipinski definition) is 0. The normalized spacial score (nSPS) is 17.8. The van der Waals surface area contributed by atoms with E-state index in [2.05, 4.69) is 29.7 Å². The van der Waals surface area contributed by atoms with Crippen molar-refractivity contribution in [3.05, 3.63) is 53.7 Å². The number of carbonyl (C=O) groups excluding carboxylic acids is 1. The summed E-state index contributed by atoms with van der Waals surface area (Å²) in [5.41, 5.74) is 2.91. The van der Waals surface area contributed by atoms with Gasteiger partial charge in [0.1, 0.15) is 11.6 Å². The molecule has 0 saturated carbocycles. The highest BCUT2D eigenvalue weighted by atomic mass is 16.3. The highest BCUT2D eigenvalue weighted by Crippen LogP contribution is 2.30. The van der Waals surface area contributed by atoms with Gasteiger partial charge in [-0.3, -0.25) is 4.79 Å². The predicted octanol–water partition coefficient (Wildman–Crippen LogP) is 4.37. The first-order chi connectivity index (χ1) is 12.7. The quantitative estimate of drug-likeness (QED) is 0.701. The van der Waals surface area contributed by atoms with Gasteiger partial charge in [0, 0.05) is 25.6 Å². The van der Waals surface area contributed by atoms with Gasteiger partial charge >= 0.3 is 0 Å². The lowest BCUT2D eigenvalue weighted by atomic mass is 9.96. The number of rotatable bonds is 4. The molecular formula is C21H25N3O2. The molecule has 0 aliphatic carbocycles. The largest absolute Gasteiger partial charge is 0.469 e. The molecule has 1 fully saturated rings. The first-order valence-electron chi connectivity index (χ1n) is 9.47. The van der Waals surface area contributed by atoms with Crippen molar-refractivity contribution in [2.75, 3.05) is 13.1 Å². The molecule has 5 heteroatoms. The molecule has 1 aliphatic rings. The molecule has 5 nitrogen and oxygen atoms in total.